The molecule has 3 unspecified atom stereocenters. The highest BCUT2D eigenvalue weighted by Crippen LogP contribution is 2.49. The number of hydrogen-bond donors (Lipinski definition) is 3. The van der Waals surface area contributed by atoms with Gasteiger partial charge in [0, 0.05) is 42.4 Å². The molecule has 1 aliphatic heterocycles. The second kappa shape index (κ2) is 10.6. The van der Waals surface area contributed by atoms with E-state index in [1.165, 1.54) is 6.07 Å². The van der Waals surface area contributed by atoms with E-state index in [0.717, 1.165) is 18.3 Å². The molecule has 38 heavy (non-hydrogen) atoms. The molecule has 0 spiro atoms. The minimum Gasteiger partial charge on any atom is -0.392 e. The van der Waals surface area contributed by atoms with Crippen LogP contribution < -0.4 is 15.6 Å². The summed E-state index contributed by atoms with van der Waals surface area (Å²) in [4.78, 5) is 10.00. The van der Waals surface area contributed by atoms with E-state index in [1.807, 2.05) is 27.7 Å². The van der Waals surface area contributed by atoms with Crippen molar-refractivity contribution in [1.82, 2.24) is 9.97 Å². The van der Waals surface area contributed by atoms with Crippen molar-refractivity contribution < 1.29 is 27.4 Å². The minimum atomic E-state index is -4.44. The number of alkyl halides is 3. The minimum absolute atomic E-state index is 0.121. The number of morpholine rings is 1. The maximum absolute atomic E-state index is 14.3. The molecule has 1 saturated heterocycles. The van der Waals surface area contributed by atoms with Gasteiger partial charge in [-0.05, 0) is 30.0 Å². The highest BCUT2D eigenvalue weighted by molar-refractivity contribution is 5.65. The number of aromatic nitrogens is 2. The monoisotopic (exact) mass is 538 g/mol. The van der Waals surface area contributed by atoms with Gasteiger partial charge in [-0.1, -0.05) is 33.8 Å². The topological polar surface area (TPSA) is 94.9 Å². The molecule has 0 amide bonds. The third-order valence-electron chi connectivity index (χ3n) is 7.60. The molecule has 1 aromatic carbocycles. The van der Waals surface area contributed by atoms with E-state index in [0.29, 0.717) is 38.4 Å². The average molecular weight is 539 g/mol. The predicted molar refractivity (Wildman–Crippen MR) is 138 cm³/mol. The highest BCUT2D eigenvalue weighted by Gasteiger charge is 2.52. The van der Waals surface area contributed by atoms with E-state index in [-0.39, 0.29) is 23.7 Å². The Balaban J connectivity index is 1.47. The molecule has 8 nitrogen and oxygen atoms in total. The van der Waals surface area contributed by atoms with Crippen molar-refractivity contribution in [2.45, 2.75) is 52.4 Å². The number of ether oxygens (including phenoxy) is 1. The van der Waals surface area contributed by atoms with E-state index < -0.39 is 34.5 Å². The van der Waals surface area contributed by atoms with Gasteiger partial charge in [0.2, 0.25) is 5.95 Å². The van der Waals surface area contributed by atoms with Gasteiger partial charge in [0.1, 0.15) is 0 Å². The molecule has 1 aliphatic carbocycles. The van der Waals surface area contributed by atoms with Crippen LogP contribution in [-0.4, -0.2) is 59.7 Å². The lowest BCUT2D eigenvalue weighted by Crippen LogP contribution is -2.58. The number of halogens is 4. The Morgan fingerprint density at radius 1 is 1.18 bits per heavy atom. The Bertz CT molecular complexity index is 1150. The van der Waals surface area contributed by atoms with Crippen molar-refractivity contribution in [2.75, 3.05) is 41.9 Å². The van der Waals surface area contributed by atoms with Crippen LogP contribution in [-0.2, 0) is 10.9 Å². The molecule has 3 atom stereocenters. The molecule has 2 fully saturated rings. The van der Waals surface area contributed by atoms with Gasteiger partial charge in [-0.15, -0.1) is 0 Å². The van der Waals surface area contributed by atoms with Gasteiger partial charge < -0.3 is 20.1 Å². The Kier molecular flexibility index (Phi) is 7.85. The summed E-state index contributed by atoms with van der Waals surface area (Å²) in [6, 6.07) is 4.78. The quantitative estimate of drug-likeness (QED) is 0.277. The lowest BCUT2D eigenvalue weighted by Gasteiger charge is -2.53. The maximum Gasteiger partial charge on any atom is 0.416 e. The van der Waals surface area contributed by atoms with Crippen molar-refractivity contribution in [2.24, 2.45) is 21.8 Å². The molecule has 4 rings (SSSR count). The first-order valence-corrected chi connectivity index (χ1v) is 12.6. The smallest absolute Gasteiger partial charge is 0.392 e. The van der Waals surface area contributed by atoms with Gasteiger partial charge in [-0.2, -0.15) is 23.3 Å². The maximum atomic E-state index is 14.3. The van der Waals surface area contributed by atoms with Crippen molar-refractivity contribution in [3.8, 4) is 0 Å². The predicted octanol–water partition coefficient (Wildman–Crippen LogP) is 4.78. The van der Waals surface area contributed by atoms with Crippen molar-refractivity contribution in [3.05, 3.63) is 41.8 Å². The molecular weight excluding hydrogens is 504 g/mol. The summed E-state index contributed by atoms with van der Waals surface area (Å²) in [6.07, 6.45) is -2.04. The first kappa shape index (κ1) is 28.0. The number of hydrazone groups is 1. The Labute approximate surface area is 219 Å². The van der Waals surface area contributed by atoms with Crippen LogP contribution in [0.3, 0.4) is 0 Å². The highest BCUT2D eigenvalue weighted by atomic mass is 19.4. The summed E-state index contributed by atoms with van der Waals surface area (Å²) in [5.74, 6) is -0.630. The Hall–Kier alpha value is -2.99. The number of nitrogens with zero attached hydrogens (tertiary/aromatic N) is 4. The summed E-state index contributed by atoms with van der Waals surface area (Å²) in [7, 11) is 0. The molecule has 0 bridgehead atoms. The molecule has 1 saturated carbocycles. The molecule has 2 aromatic rings. The first-order chi connectivity index (χ1) is 17.8. The number of rotatable bonds is 6. The van der Waals surface area contributed by atoms with Crippen LogP contribution in [0.25, 0.3) is 0 Å². The number of hydrogen-bond acceptors (Lipinski definition) is 8. The summed E-state index contributed by atoms with van der Waals surface area (Å²) in [5.41, 5.74) is 1.21. The third kappa shape index (κ3) is 6.01. The summed E-state index contributed by atoms with van der Waals surface area (Å²) in [6.45, 7) is 9.72. The summed E-state index contributed by atoms with van der Waals surface area (Å²) >= 11 is 0. The molecule has 0 radical (unpaired) electrons. The lowest BCUT2D eigenvalue weighted by atomic mass is 9.56. The fourth-order valence-electron chi connectivity index (χ4n) is 5.11. The van der Waals surface area contributed by atoms with Gasteiger partial charge >= 0.3 is 6.18 Å². The second-order valence-electron chi connectivity index (χ2n) is 11.1. The van der Waals surface area contributed by atoms with Gasteiger partial charge in [0.05, 0.1) is 31.1 Å². The van der Waals surface area contributed by atoms with Gasteiger partial charge in [-0.25, -0.2) is 14.8 Å². The molecule has 1 aromatic heterocycles. The first-order valence-electron chi connectivity index (χ1n) is 12.6. The standard InChI is InChI=1S/C26H34F4N6O2/c1-24(2)13-20(33-17-7-5-6-16(12-17)26(28,29)30)25(3,4)21(37)18(24)14-32-35-23-31-15-19(27)22(34-23)36-8-10-38-11-9-36/h5-7,12,14-15,18,20-21,33,37H,8-11,13H2,1-4H3,(H,31,34,35)/b32-14+. The van der Waals surface area contributed by atoms with Crippen LogP contribution >= 0.6 is 0 Å². The van der Waals surface area contributed by atoms with Crippen LogP contribution in [0.15, 0.2) is 35.6 Å². The number of aliphatic hydroxyl groups excluding tert-OH is 1. The van der Waals surface area contributed by atoms with Gasteiger partial charge in [-0.3, -0.25) is 0 Å². The van der Waals surface area contributed by atoms with Crippen LogP contribution in [0.1, 0.15) is 39.7 Å². The molecule has 208 valence electrons. The third-order valence-corrected chi connectivity index (χ3v) is 7.60. The Morgan fingerprint density at radius 3 is 2.58 bits per heavy atom. The molecular formula is C26H34F4N6O2. The number of aliphatic hydroxyl groups is 1. The molecule has 3 N–H and O–H groups in total. The van der Waals surface area contributed by atoms with E-state index >= 15 is 0 Å². The number of nitrogens with one attached hydrogen (secondary N) is 2. The van der Waals surface area contributed by atoms with Crippen molar-refractivity contribution in [3.63, 3.8) is 0 Å². The molecule has 2 heterocycles. The van der Waals surface area contributed by atoms with Crippen molar-refractivity contribution in [1.29, 1.82) is 0 Å². The molecule has 12 heteroatoms. The molecule has 2 aliphatic rings. The Morgan fingerprint density at radius 2 is 1.89 bits per heavy atom. The zero-order valence-electron chi connectivity index (χ0n) is 21.9. The van der Waals surface area contributed by atoms with E-state index in [1.54, 1.807) is 17.2 Å². The SMILES string of the molecule is CC1(C)CC(Nc2cccc(C(F)(F)F)c2)C(C)(C)C(O)C1/C=N/Nc1ncc(F)c(N2CCOCC2)n1. The second-order valence-corrected chi connectivity index (χ2v) is 11.1. The van der Waals surface area contributed by atoms with E-state index in [2.05, 4.69) is 25.8 Å². The zero-order chi connectivity index (χ0) is 27.7. The van der Waals surface area contributed by atoms with Crippen LogP contribution in [0.4, 0.5) is 35.0 Å². The largest absolute Gasteiger partial charge is 0.416 e. The number of benzene rings is 1. The van der Waals surface area contributed by atoms with Gasteiger partial charge in [0.15, 0.2) is 11.6 Å². The van der Waals surface area contributed by atoms with Crippen LogP contribution in [0, 0.1) is 22.6 Å². The van der Waals surface area contributed by atoms with E-state index in [9.17, 15) is 22.7 Å². The van der Waals surface area contributed by atoms with E-state index in [4.69, 9.17) is 4.74 Å². The zero-order valence-corrected chi connectivity index (χ0v) is 21.9. The number of anilines is 3. The van der Waals surface area contributed by atoms with Gasteiger partial charge in [0.25, 0.3) is 0 Å². The lowest BCUT2D eigenvalue weighted by molar-refractivity contribution is -0.137. The fraction of sp³-hybridized carbons (Fsp3) is 0.577. The van der Waals surface area contributed by atoms with Crippen molar-refractivity contribution >= 4 is 23.7 Å². The van der Waals surface area contributed by atoms with Crippen LogP contribution in [0.5, 0.6) is 0 Å². The fourth-order valence-corrected chi connectivity index (χ4v) is 5.11. The average Bonchev–Trinajstić information content (AvgIpc) is 2.86. The summed E-state index contributed by atoms with van der Waals surface area (Å²) < 4.78 is 59.2. The normalized spacial score (nSPS) is 25.4. The summed E-state index contributed by atoms with van der Waals surface area (Å²) in [5, 5.41) is 18.9. The van der Waals surface area contributed by atoms with Crippen LogP contribution in [0.2, 0.25) is 0 Å².